The van der Waals surface area contributed by atoms with Gasteiger partial charge in [0.25, 0.3) is 0 Å². The molecule has 1 fully saturated rings. The number of benzene rings is 6. The third-order valence-electron chi connectivity index (χ3n) is 10.7. The predicted molar refractivity (Wildman–Crippen MR) is 278 cm³/mol. The number of ether oxygens (including phenoxy) is 2. The van der Waals surface area contributed by atoms with E-state index in [0.29, 0.717) is 5.56 Å². The van der Waals surface area contributed by atoms with Gasteiger partial charge in [-0.05, 0) is 82.5 Å². The van der Waals surface area contributed by atoms with Crippen LogP contribution in [0.1, 0.15) is 138 Å². The van der Waals surface area contributed by atoms with Gasteiger partial charge in [0.1, 0.15) is 11.5 Å². The average Bonchev–Trinajstić information content (AvgIpc) is 3.62. The number of fused-ring (bicyclic) bond motifs is 1. The molecule has 8 rings (SSSR count). The molecule has 3 atom stereocenters. The molecule has 0 radical (unpaired) electrons. The lowest BCUT2D eigenvalue weighted by atomic mass is 9.75. The molecule has 0 bridgehead atoms. The van der Waals surface area contributed by atoms with Crippen LogP contribution < -0.4 is 9.47 Å². The SMILES string of the molecule is CC.CC.CC.CC.CC.CC.CC1(C)CC(C)(c2ccccc2)c2ccccc21.Cc1ccccc1-c1ccccc1C(F)(F)F.FC1(F)C(F)(F)C(F)(Oc2ccccc2)C1(F)Oc1ccccc1. The Morgan fingerprint density at radius 1 is 0.394 bits per heavy atom. The molecule has 6 aromatic rings. The van der Waals surface area contributed by atoms with Gasteiger partial charge in [-0.25, -0.2) is 0 Å². The van der Waals surface area contributed by atoms with Gasteiger partial charge in [0.05, 0.1) is 5.56 Å². The molecule has 0 spiro atoms. The van der Waals surface area contributed by atoms with Gasteiger partial charge in [0.15, 0.2) is 0 Å². The highest BCUT2D eigenvalue weighted by atomic mass is 19.4. The van der Waals surface area contributed by atoms with Gasteiger partial charge in [-0.2, -0.15) is 39.5 Å². The van der Waals surface area contributed by atoms with Gasteiger partial charge >= 0.3 is 29.7 Å². The van der Waals surface area contributed by atoms with E-state index in [2.05, 4.69) is 84.8 Å². The first-order chi connectivity index (χ1) is 33.7. The summed E-state index contributed by atoms with van der Waals surface area (Å²) in [6.45, 7) is 32.9. The summed E-state index contributed by atoms with van der Waals surface area (Å²) in [6.07, 6.45) is -3.14. The van der Waals surface area contributed by atoms with Crippen molar-refractivity contribution >= 4 is 0 Å². The first-order valence-electron chi connectivity index (χ1n) is 24.7. The Morgan fingerprint density at radius 3 is 1.11 bits per heavy atom. The van der Waals surface area contributed by atoms with Gasteiger partial charge < -0.3 is 9.47 Å². The summed E-state index contributed by atoms with van der Waals surface area (Å²) in [4.78, 5) is 0. The van der Waals surface area contributed by atoms with Crippen molar-refractivity contribution in [2.75, 3.05) is 0 Å². The van der Waals surface area contributed by atoms with E-state index >= 15 is 0 Å². The summed E-state index contributed by atoms with van der Waals surface area (Å²) in [5.74, 6) is -21.4. The topological polar surface area (TPSA) is 18.5 Å². The third kappa shape index (κ3) is 14.5. The average molecular weight is 1000 g/mol. The van der Waals surface area contributed by atoms with Crippen molar-refractivity contribution in [2.24, 2.45) is 0 Å². The molecule has 392 valence electrons. The van der Waals surface area contributed by atoms with Gasteiger partial charge in [-0.1, -0.05) is 237 Å². The van der Waals surface area contributed by atoms with E-state index in [9.17, 15) is 39.5 Å². The van der Waals surface area contributed by atoms with E-state index in [-0.39, 0.29) is 16.4 Å². The van der Waals surface area contributed by atoms with E-state index in [4.69, 9.17) is 0 Å². The van der Waals surface area contributed by atoms with Crippen LogP contribution in [0, 0.1) is 6.92 Å². The number of halogens is 9. The quantitative estimate of drug-likeness (QED) is 0.155. The van der Waals surface area contributed by atoms with Crippen LogP contribution in [0.25, 0.3) is 11.1 Å². The molecule has 0 saturated heterocycles. The van der Waals surface area contributed by atoms with Crippen molar-refractivity contribution in [3.63, 3.8) is 0 Å². The summed E-state index contributed by atoms with van der Waals surface area (Å²) < 4.78 is 131. The maximum atomic E-state index is 14.6. The summed E-state index contributed by atoms with van der Waals surface area (Å²) in [5, 5.41) is 0. The zero-order valence-electron chi connectivity index (χ0n) is 44.5. The van der Waals surface area contributed by atoms with E-state index < -0.39 is 46.8 Å². The van der Waals surface area contributed by atoms with E-state index in [0.717, 1.165) is 35.9 Å². The molecule has 2 nitrogen and oxygen atoms in total. The fourth-order valence-electron chi connectivity index (χ4n) is 7.84. The smallest absolute Gasteiger partial charge is 0.417 e. The highest BCUT2D eigenvalue weighted by Gasteiger charge is 3.03. The first kappa shape index (κ1) is 65.3. The minimum Gasteiger partial charge on any atom is -0.447 e. The minimum absolute atomic E-state index is 0.154. The maximum absolute atomic E-state index is 14.6. The lowest BCUT2D eigenvalue weighted by Gasteiger charge is -2.55. The van der Waals surface area contributed by atoms with Crippen molar-refractivity contribution in [1.29, 1.82) is 0 Å². The van der Waals surface area contributed by atoms with Gasteiger partial charge in [-0.15, -0.1) is 0 Å². The molecule has 2 aliphatic rings. The van der Waals surface area contributed by atoms with Crippen LogP contribution in [-0.2, 0) is 17.0 Å². The van der Waals surface area contributed by atoms with Gasteiger partial charge in [0.2, 0.25) is 0 Å². The number of aryl methyl sites for hydroxylation is 1. The Hall–Kier alpha value is -5.71. The number of hydrogen-bond donors (Lipinski definition) is 0. The summed E-state index contributed by atoms with van der Waals surface area (Å²) in [6, 6.07) is 44.7. The van der Waals surface area contributed by atoms with Crippen LogP contribution in [0.3, 0.4) is 0 Å². The highest BCUT2D eigenvalue weighted by molar-refractivity contribution is 5.71. The van der Waals surface area contributed by atoms with Crippen LogP contribution in [0.2, 0.25) is 0 Å². The molecule has 0 heterocycles. The first-order valence-corrected chi connectivity index (χ1v) is 24.7. The molecular weight excluding hydrogens is 924 g/mol. The summed E-state index contributed by atoms with van der Waals surface area (Å²) >= 11 is 0. The number of alkyl halides is 9. The van der Waals surface area contributed by atoms with Crippen molar-refractivity contribution in [2.45, 2.75) is 158 Å². The van der Waals surface area contributed by atoms with Gasteiger partial charge in [0, 0.05) is 5.41 Å². The van der Waals surface area contributed by atoms with Crippen molar-refractivity contribution in [3.8, 4) is 22.6 Å². The molecule has 6 aromatic carbocycles. The van der Waals surface area contributed by atoms with Crippen LogP contribution in [0.4, 0.5) is 39.5 Å². The summed E-state index contributed by atoms with van der Waals surface area (Å²) in [5.41, 5.74) is 5.97. The summed E-state index contributed by atoms with van der Waals surface area (Å²) in [7, 11) is 0. The number of rotatable bonds is 6. The Morgan fingerprint density at radius 2 is 0.718 bits per heavy atom. The number of para-hydroxylation sites is 2. The predicted octanol–water partition coefficient (Wildman–Crippen LogP) is 20.3. The fourth-order valence-corrected chi connectivity index (χ4v) is 7.84. The standard InChI is InChI=1S/C18H20.C16H10F6O2.C14H11F3.6C2H6/c1-17(2)13-18(3,14-9-5-4-6-10-14)16-12-8-7-11-15(16)17;17-13(18)14(19,20)16(22,24-12-9-5-2-6-10-12)15(13,21)23-11-7-3-1-4-8-11;1-10-6-2-3-7-11(10)12-8-4-5-9-13(12)14(15,16)17;6*1-2/h4-12H,13H2,1-3H3;1-10H;2-9H,1H3;6*1-2H3. The molecular formula is C60H77F9O2. The molecule has 0 aromatic heterocycles. The van der Waals surface area contributed by atoms with E-state index in [1.54, 1.807) is 18.2 Å². The highest BCUT2D eigenvalue weighted by Crippen LogP contribution is 2.68. The lowest BCUT2D eigenvalue weighted by Crippen LogP contribution is -2.89. The molecule has 0 amide bonds. The Bertz CT molecular complexity index is 2290. The molecule has 0 aliphatic heterocycles. The van der Waals surface area contributed by atoms with Crippen LogP contribution in [0.15, 0.2) is 164 Å². The van der Waals surface area contributed by atoms with Gasteiger partial charge in [-0.3, -0.25) is 0 Å². The fraction of sp³-hybridized carbons (Fsp3) is 0.400. The van der Waals surface area contributed by atoms with Crippen LogP contribution in [0.5, 0.6) is 11.5 Å². The number of hydrogen-bond acceptors (Lipinski definition) is 2. The zero-order valence-corrected chi connectivity index (χ0v) is 44.5. The molecule has 71 heavy (non-hydrogen) atoms. The van der Waals surface area contributed by atoms with E-state index in [1.807, 2.05) is 102 Å². The van der Waals surface area contributed by atoms with Crippen LogP contribution >= 0.6 is 0 Å². The second kappa shape index (κ2) is 29.6. The van der Waals surface area contributed by atoms with Crippen LogP contribution in [-0.4, -0.2) is 23.6 Å². The zero-order chi connectivity index (χ0) is 54.9. The molecule has 2 aliphatic carbocycles. The van der Waals surface area contributed by atoms with Crippen molar-refractivity contribution in [1.82, 2.24) is 0 Å². The molecule has 0 N–H and O–H groups in total. The second-order valence-corrected chi connectivity index (χ2v) is 15.3. The third-order valence-corrected chi connectivity index (χ3v) is 10.7. The Labute approximate surface area is 419 Å². The normalized spacial score (nSPS) is 19.8. The monoisotopic (exact) mass is 1000 g/mol. The van der Waals surface area contributed by atoms with Crippen molar-refractivity contribution in [3.05, 3.63) is 192 Å². The minimum atomic E-state index is -5.43. The largest absolute Gasteiger partial charge is 0.447 e. The Kier molecular flexibility index (Phi) is 27.2. The molecule has 3 unspecified atom stereocenters. The Balaban J connectivity index is 0.000000946. The maximum Gasteiger partial charge on any atom is 0.417 e. The van der Waals surface area contributed by atoms with E-state index in [1.165, 1.54) is 71.6 Å². The lowest BCUT2D eigenvalue weighted by molar-refractivity contribution is -0.527. The molecule has 1 saturated carbocycles. The molecule has 11 heteroatoms. The van der Waals surface area contributed by atoms with Crippen molar-refractivity contribution < 1.29 is 49.0 Å². The second-order valence-electron chi connectivity index (χ2n) is 15.3.